The molecule has 1 saturated heterocycles. The number of nitrogens with zero attached hydrogens (tertiary/aromatic N) is 4. The summed E-state index contributed by atoms with van der Waals surface area (Å²) < 4.78 is 5.90. The predicted molar refractivity (Wildman–Crippen MR) is 99.5 cm³/mol. The molecule has 0 radical (unpaired) electrons. The molecule has 0 bridgehead atoms. The standard InChI is InChI=1S/C18H17N5O3S/c1-10-7-22-12(8-21-10)18(25)23-5-6-26-13(9-23)14-11-3-2-4-20-17(11)27-15(14)16(19)24/h2-4,7-8,13H,5-6,9H2,1H3,(H2,19,24)/t13-/m1/s1. The van der Waals surface area contributed by atoms with Gasteiger partial charge in [-0.05, 0) is 13.0 Å². The van der Waals surface area contributed by atoms with E-state index in [1.54, 1.807) is 23.4 Å². The molecule has 2 N–H and O–H groups in total. The molecule has 3 aromatic rings. The zero-order valence-electron chi connectivity index (χ0n) is 14.6. The van der Waals surface area contributed by atoms with Crippen LogP contribution in [0.5, 0.6) is 0 Å². The predicted octanol–water partition coefficient (Wildman–Crippen LogP) is 1.71. The maximum absolute atomic E-state index is 12.8. The maximum Gasteiger partial charge on any atom is 0.274 e. The number of morpholine rings is 1. The highest BCUT2D eigenvalue weighted by Crippen LogP contribution is 2.37. The SMILES string of the molecule is Cc1cnc(C(=O)N2CCO[C@@H](c3c(C(N)=O)sc4ncccc34)C2)cn1. The van der Waals surface area contributed by atoms with E-state index in [0.29, 0.717) is 30.1 Å². The van der Waals surface area contributed by atoms with Crippen LogP contribution >= 0.6 is 11.3 Å². The lowest BCUT2D eigenvalue weighted by molar-refractivity contribution is -0.0224. The number of carbonyl (C=O) groups excluding carboxylic acids is 2. The van der Waals surface area contributed by atoms with Crippen molar-refractivity contribution in [3.05, 3.63) is 52.6 Å². The van der Waals surface area contributed by atoms with E-state index >= 15 is 0 Å². The first-order valence-corrected chi connectivity index (χ1v) is 9.23. The number of aromatic nitrogens is 3. The minimum atomic E-state index is -0.524. The van der Waals surface area contributed by atoms with Crippen LogP contribution in [0.2, 0.25) is 0 Å². The van der Waals surface area contributed by atoms with Gasteiger partial charge < -0.3 is 15.4 Å². The summed E-state index contributed by atoms with van der Waals surface area (Å²) in [6.07, 6.45) is 4.25. The second-order valence-electron chi connectivity index (χ2n) is 6.22. The van der Waals surface area contributed by atoms with Gasteiger partial charge in [-0.2, -0.15) is 0 Å². The van der Waals surface area contributed by atoms with Crippen LogP contribution in [0.3, 0.4) is 0 Å². The number of carbonyl (C=O) groups is 2. The normalized spacial score (nSPS) is 17.2. The van der Waals surface area contributed by atoms with Gasteiger partial charge in [0.05, 0.1) is 25.0 Å². The number of thiophene rings is 1. The van der Waals surface area contributed by atoms with Crippen LogP contribution in [-0.4, -0.2) is 51.4 Å². The van der Waals surface area contributed by atoms with Crippen molar-refractivity contribution < 1.29 is 14.3 Å². The van der Waals surface area contributed by atoms with Crippen LogP contribution in [0.15, 0.2) is 30.7 Å². The van der Waals surface area contributed by atoms with Gasteiger partial charge in [-0.25, -0.2) is 9.97 Å². The molecule has 9 heteroatoms. The number of aryl methyl sites for hydroxylation is 1. The average molecular weight is 383 g/mol. The fraction of sp³-hybridized carbons (Fsp3) is 0.278. The number of ether oxygens (including phenoxy) is 1. The third-order valence-corrected chi connectivity index (χ3v) is 5.55. The van der Waals surface area contributed by atoms with E-state index in [-0.39, 0.29) is 11.6 Å². The highest BCUT2D eigenvalue weighted by atomic mass is 32.1. The van der Waals surface area contributed by atoms with Crippen molar-refractivity contribution in [3.63, 3.8) is 0 Å². The Labute approximate surface area is 159 Å². The van der Waals surface area contributed by atoms with E-state index in [0.717, 1.165) is 15.9 Å². The van der Waals surface area contributed by atoms with Crippen molar-refractivity contribution >= 4 is 33.4 Å². The van der Waals surface area contributed by atoms with Crippen LogP contribution in [0.4, 0.5) is 0 Å². The summed E-state index contributed by atoms with van der Waals surface area (Å²) in [4.78, 5) is 40.1. The topological polar surface area (TPSA) is 111 Å². The molecule has 8 nitrogen and oxygen atoms in total. The lowest BCUT2D eigenvalue weighted by Gasteiger charge is -2.33. The van der Waals surface area contributed by atoms with Crippen molar-refractivity contribution in [1.82, 2.24) is 19.9 Å². The molecule has 27 heavy (non-hydrogen) atoms. The lowest BCUT2D eigenvalue weighted by Crippen LogP contribution is -2.42. The first-order valence-electron chi connectivity index (χ1n) is 8.41. The van der Waals surface area contributed by atoms with Crippen LogP contribution in [0, 0.1) is 6.92 Å². The van der Waals surface area contributed by atoms with Crippen LogP contribution in [-0.2, 0) is 4.74 Å². The molecule has 138 valence electrons. The fourth-order valence-corrected chi connectivity index (χ4v) is 4.17. The summed E-state index contributed by atoms with van der Waals surface area (Å²) in [5.74, 6) is -0.737. The number of hydrogen-bond acceptors (Lipinski definition) is 7. The number of pyridine rings is 1. The summed E-state index contributed by atoms with van der Waals surface area (Å²) in [7, 11) is 0. The Morgan fingerprint density at radius 1 is 1.30 bits per heavy atom. The van der Waals surface area contributed by atoms with Crippen LogP contribution in [0.25, 0.3) is 10.2 Å². The van der Waals surface area contributed by atoms with Gasteiger partial charge in [0.25, 0.3) is 11.8 Å². The number of amides is 2. The van der Waals surface area contributed by atoms with Gasteiger partial charge in [0.1, 0.15) is 21.5 Å². The molecular formula is C18H17N5O3S. The van der Waals surface area contributed by atoms with Crippen molar-refractivity contribution in [1.29, 1.82) is 0 Å². The molecule has 4 rings (SSSR count). The molecule has 3 aromatic heterocycles. The lowest BCUT2D eigenvalue weighted by atomic mass is 10.0. The minimum Gasteiger partial charge on any atom is -0.370 e. The van der Waals surface area contributed by atoms with Crippen molar-refractivity contribution in [2.24, 2.45) is 5.73 Å². The highest BCUT2D eigenvalue weighted by molar-refractivity contribution is 7.20. The molecule has 0 unspecified atom stereocenters. The smallest absolute Gasteiger partial charge is 0.274 e. The van der Waals surface area contributed by atoms with Gasteiger partial charge in [-0.15, -0.1) is 11.3 Å². The minimum absolute atomic E-state index is 0.214. The van der Waals surface area contributed by atoms with Crippen molar-refractivity contribution in [2.75, 3.05) is 19.7 Å². The molecule has 1 atom stereocenters. The Kier molecular flexibility index (Phi) is 4.54. The van der Waals surface area contributed by atoms with E-state index in [1.165, 1.54) is 17.5 Å². The second kappa shape index (κ2) is 7.01. The second-order valence-corrected chi connectivity index (χ2v) is 7.22. The number of primary amides is 1. The Balaban J connectivity index is 1.66. The van der Waals surface area contributed by atoms with Gasteiger partial charge in [0.2, 0.25) is 0 Å². The number of fused-ring (bicyclic) bond motifs is 1. The summed E-state index contributed by atoms with van der Waals surface area (Å²) in [6, 6.07) is 3.69. The van der Waals surface area contributed by atoms with Gasteiger partial charge in [0.15, 0.2) is 0 Å². The molecule has 4 heterocycles. The molecule has 1 aliphatic rings. The largest absolute Gasteiger partial charge is 0.370 e. The van der Waals surface area contributed by atoms with Gasteiger partial charge in [-0.1, -0.05) is 6.07 Å². The molecule has 2 amide bonds. The first-order chi connectivity index (χ1) is 13.0. The number of rotatable bonds is 3. The van der Waals surface area contributed by atoms with Crippen LogP contribution < -0.4 is 5.73 Å². The van der Waals surface area contributed by atoms with Crippen LogP contribution in [0.1, 0.15) is 37.5 Å². The highest BCUT2D eigenvalue weighted by Gasteiger charge is 2.32. The van der Waals surface area contributed by atoms with Crippen molar-refractivity contribution in [2.45, 2.75) is 13.0 Å². The summed E-state index contributed by atoms with van der Waals surface area (Å²) in [6.45, 7) is 2.91. The van der Waals surface area contributed by atoms with E-state index in [2.05, 4.69) is 15.0 Å². The molecule has 1 aliphatic heterocycles. The maximum atomic E-state index is 12.8. The van der Waals surface area contributed by atoms with Crippen molar-refractivity contribution in [3.8, 4) is 0 Å². The molecule has 0 aromatic carbocycles. The Hall–Kier alpha value is -2.91. The summed E-state index contributed by atoms with van der Waals surface area (Å²) in [5.41, 5.74) is 7.30. The number of nitrogens with two attached hydrogens (primary N) is 1. The van der Waals surface area contributed by atoms with E-state index in [1.807, 2.05) is 13.0 Å². The Bertz CT molecular complexity index is 1020. The van der Waals surface area contributed by atoms with Gasteiger partial charge >= 0.3 is 0 Å². The monoisotopic (exact) mass is 383 g/mol. The molecule has 0 spiro atoms. The zero-order valence-corrected chi connectivity index (χ0v) is 15.4. The average Bonchev–Trinajstić information content (AvgIpc) is 3.08. The molecule has 1 fully saturated rings. The quantitative estimate of drug-likeness (QED) is 0.737. The molecular weight excluding hydrogens is 366 g/mol. The fourth-order valence-electron chi connectivity index (χ4n) is 3.13. The first kappa shape index (κ1) is 17.5. The zero-order chi connectivity index (χ0) is 19.0. The van der Waals surface area contributed by atoms with Gasteiger partial charge in [0, 0.05) is 29.9 Å². The summed E-state index contributed by atoms with van der Waals surface area (Å²) in [5, 5.41) is 0.825. The van der Waals surface area contributed by atoms with E-state index in [9.17, 15) is 9.59 Å². The Morgan fingerprint density at radius 3 is 2.89 bits per heavy atom. The Morgan fingerprint density at radius 2 is 2.15 bits per heavy atom. The number of hydrogen-bond donors (Lipinski definition) is 1. The van der Waals surface area contributed by atoms with Gasteiger partial charge in [-0.3, -0.25) is 14.6 Å². The third kappa shape index (κ3) is 3.26. The molecule has 0 saturated carbocycles. The van der Waals surface area contributed by atoms with E-state index < -0.39 is 12.0 Å². The van der Waals surface area contributed by atoms with E-state index in [4.69, 9.17) is 10.5 Å². The third-order valence-electron chi connectivity index (χ3n) is 4.40. The summed E-state index contributed by atoms with van der Waals surface area (Å²) >= 11 is 1.24. The molecule has 0 aliphatic carbocycles.